The summed E-state index contributed by atoms with van der Waals surface area (Å²) < 4.78 is 0.773. The van der Waals surface area contributed by atoms with E-state index in [2.05, 4.69) is 43.7 Å². The van der Waals surface area contributed by atoms with Gasteiger partial charge in [-0.3, -0.25) is 0 Å². The van der Waals surface area contributed by atoms with E-state index < -0.39 is 0 Å². The molecule has 0 atom stereocenters. The molecule has 0 spiro atoms. The fourth-order valence-electron chi connectivity index (χ4n) is 3.35. The SMILES string of the molecule is S=C(NCC1(c2cccc(Cl)c2)CCCC1)Nc1ncc(Cl)cc1Br. The standard InChI is InChI=1S/C18H18BrCl2N3S/c19-15-9-14(21)10-22-16(15)24-17(25)23-11-18(6-1-2-7-18)12-4-3-5-13(20)8-12/h3-5,8-10H,1-2,6-7,11H2,(H2,22,23,24,25). The van der Waals surface area contributed by atoms with Crippen LogP contribution >= 0.6 is 51.3 Å². The Labute approximate surface area is 171 Å². The molecular weight excluding hydrogens is 441 g/mol. The van der Waals surface area contributed by atoms with E-state index in [1.807, 2.05) is 12.1 Å². The molecule has 1 aliphatic rings. The molecule has 2 aromatic rings. The van der Waals surface area contributed by atoms with E-state index in [1.54, 1.807) is 12.3 Å². The van der Waals surface area contributed by atoms with Gasteiger partial charge in [-0.25, -0.2) is 4.98 Å². The quantitative estimate of drug-likeness (QED) is 0.555. The second-order valence-electron chi connectivity index (χ2n) is 6.29. The Hall–Kier alpha value is -0.880. The fourth-order valence-corrected chi connectivity index (χ4v) is 4.44. The summed E-state index contributed by atoms with van der Waals surface area (Å²) in [5.41, 5.74) is 1.35. The molecule has 0 radical (unpaired) electrons. The number of nitrogens with zero attached hydrogens (tertiary/aromatic N) is 1. The number of nitrogens with one attached hydrogen (secondary N) is 2. The number of halogens is 3. The highest BCUT2D eigenvalue weighted by Crippen LogP contribution is 2.41. The topological polar surface area (TPSA) is 37.0 Å². The molecule has 25 heavy (non-hydrogen) atoms. The van der Waals surface area contributed by atoms with Gasteiger partial charge in [-0.15, -0.1) is 0 Å². The largest absolute Gasteiger partial charge is 0.362 e. The maximum absolute atomic E-state index is 6.20. The van der Waals surface area contributed by atoms with Crippen LogP contribution in [0.4, 0.5) is 5.82 Å². The summed E-state index contributed by atoms with van der Waals surface area (Å²) in [5.74, 6) is 0.644. The Morgan fingerprint density at radius 3 is 2.64 bits per heavy atom. The third kappa shape index (κ3) is 4.64. The second kappa shape index (κ2) is 8.21. The molecule has 2 N–H and O–H groups in total. The molecule has 0 saturated heterocycles. The summed E-state index contributed by atoms with van der Waals surface area (Å²) in [5, 5.41) is 8.37. The van der Waals surface area contributed by atoms with Crippen LogP contribution in [0.5, 0.6) is 0 Å². The molecule has 0 unspecified atom stereocenters. The van der Waals surface area contributed by atoms with E-state index in [4.69, 9.17) is 35.4 Å². The summed E-state index contributed by atoms with van der Waals surface area (Å²) >= 11 is 21.0. The molecule has 1 fully saturated rings. The number of anilines is 1. The lowest BCUT2D eigenvalue weighted by Gasteiger charge is -2.30. The van der Waals surface area contributed by atoms with Crippen LogP contribution in [0.15, 0.2) is 41.0 Å². The lowest BCUT2D eigenvalue weighted by molar-refractivity contribution is 0.435. The van der Waals surface area contributed by atoms with Crippen molar-refractivity contribution in [2.75, 3.05) is 11.9 Å². The van der Waals surface area contributed by atoms with Crippen LogP contribution in [0.1, 0.15) is 31.2 Å². The van der Waals surface area contributed by atoms with Crippen molar-refractivity contribution in [3.63, 3.8) is 0 Å². The molecule has 132 valence electrons. The minimum atomic E-state index is 0.0707. The van der Waals surface area contributed by atoms with Gasteiger partial charge in [-0.05, 0) is 64.8 Å². The predicted octanol–water partition coefficient (Wildman–Crippen LogP) is 5.95. The van der Waals surface area contributed by atoms with Crippen LogP contribution in [0.3, 0.4) is 0 Å². The van der Waals surface area contributed by atoms with Crippen LogP contribution in [0.25, 0.3) is 0 Å². The van der Waals surface area contributed by atoms with Gasteiger partial charge < -0.3 is 10.6 Å². The van der Waals surface area contributed by atoms with Gasteiger partial charge in [0.2, 0.25) is 0 Å². The van der Waals surface area contributed by atoms with Gasteiger partial charge in [0.05, 0.1) is 9.50 Å². The lowest BCUT2D eigenvalue weighted by atomic mass is 9.79. The normalized spacial score (nSPS) is 15.8. The molecule has 1 heterocycles. The third-order valence-electron chi connectivity index (χ3n) is 4.62. The third-order valence-corrected chi connectivity index (χ3v) is 5.92. The Morgan fingerprint density at radius 2 is 1.96 bits per heavy atom. The Bertz CT molecular complexity index is 779. The summed E-state index contributed by atoms with van der Waals surface area (Å²) in [4.78, 5) is 4.25. The maximum Gasteiger partial charge on any atom is 0.172 e. The highest BCUT2D eigenvalue weighted by molar-refractivity contribution is 9.10. The van der Waals surface area contributed by atoms with Gasteiger partial charge in [-0.1, -0.05) is 48.2 Å². The van der Waals surface area contributed by atoms with Crippen molar-refractivity contribution in [2.45, 2.75) is 31.1 Å². The van der Waals surface area contributed by atoms with Crippen molar-refractivity contribution in [1.82, 2.24) is 10.3 Å². The van der Waals surface area contributed by atoms with Crippen LogP contribution < -0.4 is 10.6 Å². The van der Waals surface area contributed by atoms with E-state index in [0.29, 0.717) is 16.0 Å². The first-order valence-electron chi connectivity index (χ1n) is 8.10. The summed E-state index contributed by atoms with van der Waals surface area (Å²) in [6, 6.07) is 9.94. The zero-order chi connectivity index (χ0) is 17.9. The van der Waals surface area contributed by atoms with E-state index in [9.17, 15) is 0 Å². The number of aromatic nitrogens is 1. The van der Waals surface area contributed by atoms with Crippen LogP contribution in [0.2, 0.25) is 10.0 Å². The van der Waals surface area contributed by atoms with Crippen LogP contribution in [-0.2, 0) is 5.41 Å². The van der Waals surface area contributed by atoms with Gasteiger partial charge in [0, 0.05) is 23.2 Å². The number of rotatable bonds is 4. The van der Waals surface area contributed by atoms with E-state index in [-0.39, 0.29) is 5.41 Å². The summed E-state index contributed by atoms with van der Waals surface area (Å²) in [6.45, 7) is 0.768. The first-order chi connectivity index (χ1) is 12.0. The second-order valence-corrected chi connectivity index (χ2v) is 8.42. The Kier molecular flexibility index (Phi) is 6.21. The molecule has 3 rings (SSSR count). The molecule has 7 heteroatoms. The molecular formula is C18H18BrCl2N3S. The average Bonchev–Trinajstić information content (AvgIpc) is 3.06. The highest BCUT2D eigenvalue weighted by atomic mass is 79.9. The number of hydrogen-bond acceptors (Lipinski definition) is 2. The zero-order valence-electron chi connectivity index (χ0n) is 13.5. The maximum atomic E-state index is 6.20. The number of hydrogen-bond donors (Lipinski definition) is 2. The highest BCUT2D eigenvalue weighted by Gasteiger charge is 2.35. The van der Waals surface area contributed by atoms with Crippen molar-refractivity contribution < 1.29 is 0 Å². The van der Waals surface area contributed by atoms with Gasteiger partial charge in [-0.2, -0.15) is 0 Å². The van der Waals surface area contributed by atoms with Gasteiger partial charge >= 0.3 is 0 Å². The van der Waals surface area contributed by atoms with E-state index in [0.717, 1.165) is 28.9 Å². The molecule has 1 saturated carbocycles. The zero-order valence-corrected chi connectivity index (χ0v) is 17.4. The molecule has 0 aliphatic heterocycles. The van der Waals surface area contributed by atoms with Crippen molar-refractivity contribution in [1.29, 1.82) is 0 Å². The Morgan fingerprint density at radius 1 is 1.20 bits per heavy atom. The van der Waals surface area contributed by atoms with Crippen molar-refractivity contribution in [2.24, 2.45) is 0 Å². The minimum absolute atomic E-state index is 0.0707. The Balaban J connectivity index is 1.68. The summed E-state index contributed by atoms with van der Waals surface area (Å²) in [6.07, 6.45) is 6.29. The minimum Gasteiger partial charge on any atom is -0.362 e. The van der Waals surface area contributed by atoms with E-state index >= 15 is 0 Å². The lowest BCUT2D eigenvalue weighted by Crippen LogP contribution is -2.40. The van der Waals surface area contributed by atoms with E-state index in [1.165, 1.54) is 18.4 Å². The smallest absolute Gasteiger partial charge is 0.172 e. The number of thiocarbonyl (C=S) groups is 1. The molecule has 1 aliphatic carbocycles. The van der Waals surface area contributed by atoms with Crippen molar-refractivity contribution in [3.05, 3.63) is 56.6 Å². The van der Waals surface area contributed by atoms with Gasteiger partial charge in [0.25, 0.3) is 0 Å². The average molecular weight is 459 g/mol. The first kappa shape index (κ1) is 18.9. The van der Waals surface area contributed by atoms with Crippen LogP contribution in [0, 0.1) is 0 Å². The molecule has 1 aromatic carbocycles. The van der Waals surface area contributed by atoms with Gasteiger partial charge in [0.1, 0.15) is 5.82 Å². The molecule has 0 amide bonds. The monoisotopic (exact) mass is 457 g/mol. The first-order valence-corrected chi connectivity index (χ1v) is 10.1. The summed E-state index contributed by atoms with van der Waals surface area (Å²) in [7, 11) is 0. The number of pyridine rings is 1. The fraction of sp³-hybridized carbons (Fsp3) is 0.333. The van der Waals surface area contributed by atoms with Crippen molar-refractivity contribution in [3.8, 4) is 0 Å². The number of benzene rings is 1. The van der Waals surface area contributed by atoms with Crippen LogP contribution in [-0.4, -0.2) is 16.6 Å². The molecule has 0 bridgehead atoms. The predicted molar refractivity (Wildman–Crippen MR) is 113 cm³/mol. The van der Waals surface area contributed by atoms with Gasteiger partial charge in [0.15, 0.2) is 5.11 Å². The van der Waals surface area contributed by atoms with Crippen molar-refractivity contribution >= 4 is 62.3 Å². The molecule has 1 aromatic heterocycles. The molecule has 3 nitrogen and oxygen atoms in total.